The number of rotatable bonds is 3. The van der Waals surface area contributed by atoms with Crippen LogP contribution in [0.5, 0.6) is 0 Å². The third kappa shape index (κ3) is 4.02. The minimum absolute atomic E-state index is 0. The molecule has 2 saturated heterocycles. The van der Waals surface area contributed by atoms with Crippen LogP contribution >= 0.6 is 12.4 Å². The molecule has 130 valence electrons. The van der Waals surface area contributed by atoms with Crippen molar-refractivity contribution in [3.63, 3.8) is 0 Å². The minimum atomic E-state index is -3.82. The largest absolute Gasteiger partial charge is 0.316 e. The van der Waals surface area contributed by atoms with Crippen LogP contribution in [0, 0.1) is 23.5 Å². The van der Waals surface area contributed by atoms with E-state index in [2.05, 4.69) is 5.32 Å². The summed E-state index contributed by atoms with van der Waals surface area (Å²) in [6.07, 6.45) is 2.76. The molecule has 0 amide bonds. The monoisotopic (exact) mass is 366 g/mol. The normalized spacial score (nSPS) is 23.7. The van der Waals surface area contributed by atoms with Gasteiger partial charge in [0.2, 0.25) is 10.0 Å². The van der Waals surface area contributed by atoms with Gasteiger partial charge < -0.3 is 5.32 Å². The van der Waals surface area contributed by atoms with Crippen molar-refractivity contribution < 1.29 is 17.2 Å². The molecule has 1 unspecified atom stereocenters. The lowest BCUT2D eigenvalue weighted by Gasteiger charge is -2.33. The van der Waals surface area contributed by atoms with E-state index in [0.29, 0.717) is 31.0 Å². The number of hydrogen-bond donors (Lipinski definition) is 1. The van der Waals surface area contributed by atoms with E-state index in [4.69, 9.17) is 0 Å². The zero-order chi connectivity index (χ0) is 15.7. The van der Waals surface area contributed by atoms with Gasteiger partial charge in [0.25, 0.3) is 0 Å². The van der Waals surface area contributed by atoms with Crippen LogP contribution in [0.25, 0.3) is 0 Å². The standard InChI is InChI=1S/C15H20F2N2O2S.ClH/c16-13-7-14(17)9-15(8-13)22(20,21)19-5-2-11(3-6-19)12-1-4-18-10-12;/h7-9,11-12,18H,1-6,10H2;1H. The molecule has 3 rings (SSSR count). The fourth-order valence-electron chi connectivity index (χ4n) is 3.49. The molecule has 4 nitrogen and oxygen atoms in total. The second kappa shape index (κ2) is 7.42. The van der Waals surface area contributed by atoms with Gasteiger partial charge in [0.15, 0.2) is 0 Å². The molecule has 0 saturated carbocycles. The fourth-order valence-corrected chi connectivity index (χ4v) is 5.01. The van der Waals surface area contributed by atoms with Gasteiger partial charge in [0, 0.05) is 19.2 Å². The van der Waals surface area contributed by atoms with Crippen LogP contribution in [0.3, 0.4) is 0 Å². The zero-order valence-electron chi connectivity index (χ0n) is 12.7. The summed E-state index contributed by atoms with van der Waals surface area (Å²) in [4.78, 5) is -0.300. The van der Waals surface area contributed by atoms with Crippen molar-refractivity contribution in [2.75, 3.05) is 26.2 Å². The summed E-state index contributed by atoms with van der Waals surface area (Å²) < 4.78 is 52.9. The maximum absolute atomic E-state index is 13.3. The average molecular weight is 367 g/mol. The van der Waals surface area contributed by atoms with Crippen molar-refractivity contribution in [3.8, 4) is 0 Å². The lowest BCUT2D eigenvalue weighted by molar-refractivity contribution is 0.216. The summed E-state index contributed by atoms with van der Waals surface area (Å²) >= 11 is 0. The molecule has 0 radical (unpaired) electrons. The van der Waals surface area contributed by atoms with Crippen LogP contribution in [0.2, 0.25) is 0 Å². The Hall–Kier alpha value is -0.760. The summed E-state index contributed by atoms with van der Waals surface area (Å²) in [6.45, 7) is 2.88. The first-order valence-corrected chi connectivity index (χ1v) is 9.08. The molecule has 0 aromatic heterocycles. The maximum atomic E-state index is 13.3. The Labute approximate surface area is 141 Å². The van der Waals surface area contributed by atoms with E-state index in [1.54, 1.807) is 0 Å². The second-order valence-electron chi connectivity index (χ2n) is 6.10. The average Bonchev–Trinajstić information content (AvgIpc) is 3.00. The molecule has 1 aromatic carbocycles. The smallest absolute Gasteiger partial charge is 0.243 e. The molecular formula is C15H21ClF2N2O2S. The SMILES string of the molecule is Cl.O=S(=O)(c1cc(F)cc(F)c1)N1CCC(C2CCNC2)CC1. The van der Waals surface area contributed by atoms with Gasteiger partial charge in [-0.1, -0.05) is 0 Å². The van der Waals surface area contributed by atoms with Crippen molar-refractivity contribution >= 4 is 22.4 Å². The molecule has 23 heavy (non-hydrogen) atoms. The molecule has 2 aliphatic rings. The van der Waals surface area contributed by atoms with E-state index >= 15 is 0 Å². The maximum Gasteiger partial charge on any atom is 0.243 e. The van der Waals surface area contributed by atoms with E-state index in [9.17, 15) is 17.2 Å². The molecule has 2 heterocycles. The number of halogens is 3. The van der Waals surface area contributed by atoms with Gasteiger partial charge in [0.1, 0.15) is 11.6 Å². The van der Waals surface area contributed by atoms with Crippen LogP contribution in [0.15, 0.2) is 23.1 Å². The Morgan fingerprint density at radius 3 is 2.13 bits per heavy atom. The summed E-state index contributed by atoms with van der Waals surface area (Å²) in [6, 6.07) is 2.44. The zero-order valence-corrected chi connectivity index (χ0v) is 14.3. The molecule has 2 aliphatic heterocycles. The Balaban J connectivity index is 0.00000192. The summed E-state index contributed by atoms with van der Waals surface area (Å²) in [7, 11) is -3.82. The number of sulfonamides is 1. The first-order valence-electron chi connectivity index (χ1n) is 7.64. The number of nitrogens with zero attached hydrogens (tertiary/aromatic N) is 1. The van der Waals surface area contributed by atoms with Gasteiger partial charge in [-0.05, 0) is 56.3 Å². The van der Waals surface area contributed by atoms with E-state index in [0.717, 1.165) is 44.5 Å². The van der Waals surface area contributed by atoms with E-state index in [1.807, 2.05) is 0 Å². The summed E-state index contributed by atoms with van der Waals surface area (Å²) in [5.41, 5.74) is 0. The molecular weight excluding hydrogens is 346 g/mol. The quantitative estimate of drug-likeness (QED) is 0.893. The predicted octanol–water partition coefficient (Wildman–Crippen LogP) is 2.40. The Morgan fingerprint density at radius 1 is 1.00 bits per heavy atom. The highest BCUT2D eigenvalue weighted by molar-refractivity contribution is 7.89. The van der Waals surface area contributed by atoms with Crippen molar-refractivity contribution in [2.24, 2.45) is 11.8 Å². The highest BCUT2D eigenvalue weighted by Gasteiger charge is 2.33. The topological polar surface area (TPSA) is 49.4 Å². The highest BCUT2D eigenvalue weighted by Crippen LogP contribution is 2.31. The van der Waals surface area contributed by atoms with Crippen LogP contribution in [0.4, 0.5) is 8.78 Å². The van der Waals surface area contributed by atoms with Crippen LogP contribution < -0.4 is 5.32 Å². The van der Waals surface area contributed by atoms with Gasteiger partial charge in [-0.3, -0.25) is 0 Å². The third-order valence-corrected chi connectivity index (χ3v) is 6.61. The molecule has 0 aliphatic carbocycles. The summed E-state index contributed by atoms with van der Waals surface area (Å²) in [5, 5.41) is 3.33. The Kier molecular flexibility index (Phi) is 5.99. The molecule has 1 N–H and O–H groups in total. The number of benzene rings is 1. The van der Waals surface area contributed by atoms with Gasteiger partial charge in [-0.15, -0.1) is 12.4 Å². The lowest BCUT2D eigenvalue weighted by atomic mass is 9.84. The highest BCUT2D eigenvalue weighted by atomic mass is 35.5. The van der Waals surface area contributed by atoms with Crippen LogP contribution in [-0.2, 0) is 10.0 Å². The predicted molar refractivity (Wildman–Crippen MR) is 86.1 cm³/mol. The molecule has 2 fully saturated rings. The minimum Gasteiger partial charge on any atom is -0.316 e. The van der Waals surface area contributed by atoms with Gasteiger partial charge >= 0.3 is 0 Å². The van der Waals surface area contributed by atoms with E-state index < -0.39 is 21.7 Å². The van der Waals surface area contributed by atoms with Crippen molar-refractivity contribution in [2.45, 2.75) is 24.2 Å². The molecule has 1 aromatic rings. The van der Waals surface area contributed by atoms with Crippen molar-refractivity contribution in [3.05, 3.63) is 29.8 Å². The Bertz CT molecular complexity index is 623. The molecule has 1 atom stereocenters. The number of hydrogen-bond acceptors (Lipinski definition) is 3. The fraction of sp³-hybridized carbons (Fsp3) is 0.600. The van der Waals surface area contributed by atoms with Crippen LogP contribution in [-0.4, -0.2) is 38.9 Å². The molecule has 8 heteroatoms. The first-order chi connectivity index (χ1) is 10.5. The third-order valence-electron chi connectivity index (χ3n) is 4.74. The first kappa shape index (κ1) is 18.6. The van der Waals surface area contributed by atoms with E-state index in [1.165, 1.54) is 4.31 Å². The van der Waals surface area contributed by atoms with Crippen LogP contribution in [0.1, 0.15) is 19.3 Å². The number of piperidine rings is 1. The molecule has 0 spiro atoms. The van der Waals surface area contributed by atoms with Gasteiger partial charge in [-0.25, -0.2) is 17.2 Å². The van der Waals surface area contributed by atoms with Crippen molar-refractivity contribution in [1.82, 2.24) is 9.62 Å². The van der Waals surface area contributed by atoms with E-state index in [-0.39, 0.29) is 17.3 Å². The lowest BCUT2D eigenvalue weighted by Crippen LogP contribution is -2.40. The summed E-state index contributed by atoms with van der Waals surface area (Å²) in [5.74, 6) is -0.585. The Morgan fingerprint density at radius 2 is 1.61 bits per heavy atom. The van der Waals surface area contributed by atoms with Gasteiger partial charge in [-0.2, -0.15) is 4.31 Å². The second-order valence-corrected chi connectivity index (χ2v) is 8.04. The molecule has 0 bridgehead atoms. The number of nitrogens with one attached hydrogen (secondary N) is 1. The van der Waals surface area contributed by atoms with Gasteiger partial charge in [0.05, 0.1) is 4.90 Å². The van der Waals surface area contributed by atoms with Crippen molar-refractivity contribution in [1.29, 1.82) is 0 Å².